The number of rotatable bonds is 1. The number of hydrogen-bond acceptors (Lipinski definition) is 2. The predicted octanol–water partition coefficient (Wildman–Crippen LogP) is 13.3. The maximum Gasteiger partial charge on any atom is 0.252 e. The van der Waals surface area contributed by atoms with Crippen molar-refractivity contribution in [3.63, 3.8) is 0 Å². The monoisotopic (exact) mass is 959 g/mol. The van der Waals surface area contributed by atoms with Crippen LogP contribution in [-0.2, 0) is 10.8 Å². The molecule has 0 saturated carbocycles. The average Bonchev–Trinajstić information content (AvgIpc) is 4.06. The number of aromatic nitrogens is 5. The van der Waals surface area contributed by atoms with Gasteiger partial charge in [0.25, 0.3) is 6.71 Å². The number of hydrogen-bond donors (Lipinski definition) is 0. The SMILES string of the molecule is c1ccc2c(c1)-c1ccccc1C21c2ccccc2-c2ccc3c4c2c1nn4-c1cc(-n2c4ccccc4c4ccccc42)cc2c1B3c1ccc3c4c(nn-2c14)C1(c2ccccc2-c2ccccc21)c1ccccc1-3. The van der Waals surface area contributed by atoms with Gasteiger partial charge in [-0.05, 0) is 119 Å². The van der Waals surface area contributed by atoms with Crippen molar-refractivity contribution in [1.82, 2.24) is 24.1 Å². The molecular weight excluding hydrogens is 922 g/mol. The predicted molar refractivity (Wildman–Crippen MR) is 307 cm³/mol. The minimum absolute atomic E-state index is 0.109. The van der Waals surface area contributed by atoms with Crippen molar-refractivity contribution in [3.8, 4) is 61.6 Å². The van der Waals surface area contributed by atoms with Gasteiger partial charge < -0.3 is 4.57 Å². The summed E-state index contributed by atoms with van der Waals surface area (Å²) in [5.41, 5.74) is 30.4. The van der Waals surface area contributed by atoms with Crippen LogP contribution < -0.4 is 16.4 Å². The van der Waals surface area contributed by atoms with Crippen molar-refractivity contribution < 1.29 is 0 Å². The molecule has 0 atom stereocenters. The Morgan fingerprint density at radius 2 is 0.658 bits per heavy atom. The van der Waals surface area contributed by atoms with Crippen LogP contribution in [0.5, 0.6) is 0 Å². The molecule has 6 heteroatoms. The van der Waals surface area contributed by atoms with Gasteiger partial charge in [-0.15, -0.1) is 0 Å². The Balaban J connectivity index is 0.972. The summed E-state index contributed by atoms with van der Waals surface area (Å²) < 4.78 is 7.22. The van der Waals surface area contributed by atoms with Crippen molar-refractivity contribution in [3.05, 3.63) is 275 Å². The van der Waals surface area contributed by atoms with Crippen LogP contribution in [0.1, 0.15) is 44.8 Å². The quantitative estimate of drug-likeness (QED) is 0.154. The third kappa shape index (κ3) is 4.04. The molecule has 20 rings (SSSR count). The summed E-state index contributed by atoms with van der Waals surface area (Å²) in [4.78, 5) is 0. The minimum atomic E-state index is -0.643. The van der Waals surface area contributed by atoms with Gasteiger partial charge in [-0.1, -0.05) is 206 Å². The lowest BCUT2D eigenvalue weighted by Gasteiger charge is -2.37. The summed E-state index contributed by atoms with van der Waals surface area (Å²) in [7, 11) is 0. The van der Waals surface area contributed by atoms with E-state index in [1.807, 2.05) is 0 Å². The van der Waals surface area contributed by atoms with E-state index in [0.29, 0.717) is 0 Å². The summed E-state index contributed by atoms with van der Waals surface area (Å²) in [6, 6.07) is 87.0. The molecule has 0 radical (unpaired) electrons. The van der Waals surface area contributed by atoms with E-state index in [2.05, 4.69) is 244 Å². The molecule has 0 saturated heterocycles. The molecule has 0 bridgehead atoms. The Bertz CT molecular complexity index is 4700. The van der Waals surface area contributed by atoms with Crippen LogP contribution in [0.2, 0.25) is 0 Å². The molecule has 346 valence electrons. The summed E-state index contributed by atoms with van der Waals surface area (Å²) in [6.07, 6.45) is 0. The van der Waals surface area contributed by atoms with E-state index >= 15 is 0 Å². The molecule has 0 fully saturated rings. The number of nitrogens with zero attached hydrogens (tertiary/aromatic N) is 5. The number of fused-ring (bicyclic) bond motifs is 25. The van der Waals surface area contributed by atoms with Gasteiger partial charge in [0, 0.05) is 21.5 Å². The molecule has 2 aliphatic heterocycles. The maximum absolute atomic E-state index is 6.17. The molecule has 11 aromatic carbocycles. The van der Waals surface area contributed by atoms with Crippen LogP contribution in [0.15, 0.2) is 231 Å². The van der Waals surface area contributed by atoms with Gasteiger partial charge in [-0.2, -0.15) is 10.2 Å². The fourth-order valence-electron chi connectivity index (χ4n) is 16.3. The number of benzene rings is 11. The molecule has 0 N–H and O–H groups in total. The lowest BCUT2D eigenvalue weighted by Crippen LogP contribution is -2.59. The van der Waals surface area contributed by atoms with Crippen molar-refractivity contribution >= 4 is 66.7 Å². The Kier molecular flexibility index (Phi) is 6.60. The topological polar surface area (TPSA) is 40.6 Å². The first kappa shape index (κ1) is 38.8. The van der Waals surface area contributed by atoms with E-state index in [9.17, 15) is 0 Å². The summed E-state index contributed by atoms with van der Waals surface area (Å²) in [5.74, 6) is 0. The smallest absolute Gasteiger partial charge is 0.252 e. The highest BCUT2D eigenvalue weighted by Crippen LogP contribution is 2.64. The highest BCUT2D eigenvalue weighted by molar-refractivity contribution is 7.00. The molecule has 5 heterocycles. The lowest BCUT2D eigenvalue weighted by atomic mass is 9.34. The second kappa shape index (κ2) is 12.9. The standard InChI is InChI=1S/C70H38BN5/c1-9-25-50-40(17-1)41-18-2-10-26-51(41)69(50)54-29-13-5-21-44(54)48-33-35-56-65-62(48)67(69)72-75(65)60-37-39(74-58-31-15-7-23-46(58)47-24-8-16-32-59(47)74)38-61-64(60)71(56)57-36-34-49-45-22-6-14-30-55(45)70(68-63(49)66(57)76(61)73-68)52-27-11-3-19-42(52)43-20-4-12-28-53(43)70/h1-38H. The Labute approximate surface area is 436 Å². The largest absolute Gasteiger partial charge is 0.309 e. The summed E-state index contributed by atoms with van der Waals surface area (Å²) in [6.45, 7) is -0.109. The highest BCUT2D eigenvalue weighted by atomic mass is 15.3. The van der Waals surface area contributed by atoms with E-state index in [-0.39, 0.29) is 6.71 Å². The molecular formula is C70H38BN5. The van der Waals surface area contributed by atoms with Gasteiger partial charge in [0.05, 0.1) is 61.3 Å². The fourth-order valence-corrected chi connectivity index (χ4v) is 16.3. The number of para-hydroxylation sites is 2. The van der Waals surface area contributed by atoms with Crippen molar-refractivity contribution in [2.45, 2.75) is 10.8 Å². The normalized spacial score (nSPS) is 15.0. The average molecular weight is 960 g/mol. The van der Waals surface area contributed by atoms with Gasteiger partial charge in [-0.3, -0.25) is 0 Å². The summed E-state index contributed by atoms with van der Waals surface area (Å²) in [5, 5.41) is 17.3. The van der Waals surface area contributed by atoms with Crippen LogP contribution >= 0.6 is 0 Å². The van der Waals surface area contributed by atoms with E-state index in [4.69, 9.17) is 10.2 Å². The Morgan fingerprint density at radius 3 is 1.04 bits per heavy atom. The van der Waals surface area contributed by atoms with E-state index in [1.54, 1.807) is 0 Å². The van der Waals surface area contributed by atoms with Crippen LogP contribution in [0, 0.1) is 0 Å². The molecule has 3 aromatic heterocycles. The molecule has 14 aromatic rings. The van der Waals surface area contributed by atoms with Crippen LogP contribution in [0.3, 0.4) is 0 Å². The van der Waals surface area contributed by atoms with Gasteiger partial charge in [-0.25, -0.2) is 9.36 Å². The molecule has 76 heavy (non-hydrogen) atoms. The Morgan fingerprint density at radius 1 is 0.329 bits per heavy atom. The first-order chi connectivity index (χ1) is 37.7. The Hall–Kier alpha value is -9.78. The molecule has 0 unspecified atom stereocenters. The van der Waals surface area contributed by atoms with Crippen LogP contribution in [0.25, 0.3) is 105 Å². The highest BCUT2D eigenvalue weighted by Gasteiger charge is 2.56. The lowest BCUT2D eigenvalue weighted by molar-refractivity contribution is 0.709. The zero-order chi connectivity index (χ0) is 48.9. The molecule has 4 aliphatic carbocycles. The first-order valence-electron chi connectivity index (χ1n) is 26.6. The molecule has 6 aliphatic rings. The van der Waals surface area contributed by atoms with Gasteiger partial charge in [0.15, 0.2) is 0 Å². The van der Waals surface area contributed by atoms with Gasteiger partial charge in [0.1, 0.15) is 0 Å². The zero-order valence-corrected chi connectivity index (χ0v) is 40.8. The van der Waals surface area contributed by atoms with Crippen LogP contribution in [-0.4, -0.2) is 30.8 Å². The fraction of sp³-hybridized carbons (Fsp3) is 0.0286. The van der Waals surface area contributed by atoms with E-state index in [1.165, 1.54) is 138 Å². The molecule has 2 spiro atoms. The van der Waals surface area contributed by atoms with Crippen LogP contribution in [0.4, 0.5) is 0 Å². The van der Waals surface area contributed by atoms with E-state index < -0.39 is 10.8 Å². The van der Waals surface area contributed by atoms with Crippen molar-refractivity contribution in [2.24, 2.45) is 0 Å². The third-order valence-electron chi connectivity index (χ3n) is 18.9. The van der Waals surface area contributed by atoms with Crippen molar-refractivity contribution in [1.29, 1.82) is 0 Å². The third-order valence-corrected chi connectivity index (χ3v) is 18.9. The minimum Gasteiger partial charge on any atom is -0.309 e. The second-order valence-corrected chi connectivity index (χ2v) is 21.8. The second-order valence-electron chi connectivity index (χ2n) is 21.8. The summed E-state index contributed by atoms with van der Waals surface area (Å²) >= 11 is 0. The van der Waals surface area contributed by atoms with Gasteiger partial charge >= 0.3 is 0 Å². The molecule has 0 amide bonds. The first-order valence-corrected chi connectivity index (χ1v) is 26.6. The van der Waals surface area contributed by atoms with Crippen molar-refractivity contribution in [2.75, 3.05) is 0 Å². The van der Waals surface area contributed by atoms with E-state index in [0.717, 1.165) is 28.5 Å². The zero-order valence-electron chi connectivity index (χ0n) is 40.8. The molecule has 5 nitrogen and oxygen atoms in total. The maximum atomic E-state index is 6.17. The van der Waals surface area contributed by atoms with Gasteiger partial charge in [0.2, 0.25) is 0 Å².